The number of hydrogen-bond acceptors (Lipinski definition) is 4. The van der Waals surface area contributed by atoms with Gasteiger partial charge in [-0.25, -0.2) is 0 Å². The molecule has 0 spiro atoms. The van der Waals surface area contributed by atoms with Crippen LogP contribution >= 0.6 is 0 Å². The summed E-state index contributed by atoms with van der Waals surface area (Å²) in [6, 6.07) is 4.32. The Morgan fingerprint density at radius 1 is 1.65 bits per heavy atom. The van der Waals surface area contributed by atoms with Gasteiger partial charge in [-0.1, -0.05) is 0 Å². The second-order valence-corrected chi connectivity index (χ2v) is 5.55. The van der Waals surface area contributed by atoms with Gasteiger partial charge < -0.3 is 15.5 Å². The summed E-state index contributed by atoms with van der Waals surface area (Å²) in [4.78, 5) is 14.4. The highest BCUT2D eigenvalue weighted by Gasteiger charge is 2.28. The minimum absolute atomic E-state index is 0.0920. The zero-order valence-corrected chi connectivity index (χ0v) is 12.2. The molecule has 1 saturated heterocycles. The van der Waals surface area contributed by atoms with Crippen LogP contribution in [0.1, 0.15) is 25.5 Å². The minimum Gasteiger partial charge on any atom is -0.469 e. The van der Waals surface area contributed by atoms with Gasteiger partial charge in [0.15, 0.2) is 0 Å². The number of hydrogen-bond donors (Lipinski definition) is 2. The molecule has 1 aromatic heterocycles. The first-order valence-electron chi connectivity index (χ1n) is 7.45. The first-order chi connectivity index (χ1) is 9.70. The number of nitrogens with zero attached hydrogens (tertiary/aromatic N) is 1. The number of nitrogens with two attached hydrogens (primary N) is 1. The van der Waals surface area contributed by atoms with Crippen LogP contribution in [0, 0.1) is 5.92 Å². The van der Waals surface area contributed by atoms with Crippen LogP contribution < -0.4 is 11.1 Å². The summed E-state index contributed by atoms with van der Waals surface area (Å²) in [7, 11) is 0. The molecule has 1 amide bonds. The number of furan rings is 1. The number of carbonyl (C=O) groups excluding carboxylic acids is 1. The Balaban J connectivity index is 1.84. The number of piperidine rings is 1. The molecule has 0 aromatic carbocycles. The molecule has 2 atom stereocenters. The lowest BCUT2D eigenvalue weighted by Gasteiger charge is -2.36. The maximum Gasteiger partial charge on any atom is 0.224 e. The fourth-order valence-corrected chi connectivity index (χ4v) is 2.81. The van der Waals surface area contributed by atoms with Gasteiger partial charge in [-0.05, 0) is 38.4 Å². The van der Waals surface area contributed by atoms with Gasteiger partial charge in [0.2, 0.25) is 5.91 Å². The van der Waals surface area contributed by atoms with Crippen molar-refractivity contribution < 1.29 is 9.21 Å². The lowest BCUT2D eigenvalue weighted by Crippen LogP contribution is -2.47. The quantitative estimate of drug-likeness (QED) is 0.815. The Morgan fingerprint density at radius 3 is 3.20 bits per heavy atom. The van der Waals surface area contributed by atoms with Crippen molar-refractivity contribution in [2.75, 3.05) is 26.2 Å². The van der Waals surface area contributed by atoms with E-state index in [0.717, 1.165) is 38.1 Å². The second-order valence-electron chi connectivity index (χ2n) is 5.55. The van der Waals surface area contributed by atoms with Crippen molar-refractivity contribution >= 4 is 5.91 Å². The molecule has 1 aliphatic rings. The third-order valence-corrected chi connectivity index (χ3v) is 3.97. The molecule has 0 bridgehead atoms. The average molecular weight is 279 g/mol. The zero-order valence-electron chi connectivity index (χ0n) is 12.2. The third kappa shape index (κ3) is 4.08. The molecule has 2 heterocycles. The summed E-state index contributed by atoms with van der Waals surface area (Å²) in [5.74, 6) is 1.24. The molecule has 1 aromatic rings. The van der Waals surface area contributed by atoms with Gasteiger partial charge in [-0.3, -0.25) is 9.69 Å². The number of nitrogens with one attached hydrogen (secondary N) is 1. The molecule has 1 aliphatic heterocycles. The van der Waals surface area contributed by atoms with Crippen LogP contribution in [0.25, 0.3) is 0 Å². The lowest BCUT2D eigenvalue weighted by molar-refractivity contribution is -0.126. The van der Waals surface area contributed by atoms with Crippen molar-refractivity contribution in [3.63, 3.8) is 0 Å². The highest BCUT2D eigenvalue weighted by molar-refractivity contribution is 5.78. The van der Waals surface area contributed by atoms with Crippen molar-refractivity contribution in [3.8, 4) is 0 Å². The maximum atomic E-state index is 12.0. The maximum absolute atomic E-state index is 12.0. The van der Waals surface area contributed by atoms with Gasteiger partial charge in [0.05, 0.1) is 12.2 Å². The van der Waals surface area contributed by atoms with Crippen LogP contribution in [-0.2, 0) is 11.2 Å². The van der Waals surface area contributed by atoms with Crippen molar-refractivity contribution in [3.05, 3.63) is 24.2 Å². The summed E-state index contributed by atoms with van der Waals surface area (Å²) in [5.41, 5.74) is 5.42. The smallest absolute Gasteiger partial charge is 0.224 e. The molecule has 3 N–H and O–H groups in total. The fraction of sp³-hybridized carbons (Fsp3) is 0.667. The van der Waals surface area contributed by atoms with E-state index < -0.39 is 0 Å². The van der Waals surface area contributed by atoms with E-state index in [0.29, 0.717) is 19.1 Å². The molecule has 5 heteroatoms. The van der Waals surface area contributed by atoms with Crippen molar-refractivity contribution in [2.24, 2.45) is 11.7 Å². The zero-order chi connectivity index (χ0) is 14.4. The van der Waals surface area contributed by atoms with E-state index in [1.54, 1.807) is 6.26 Å². The summed E-state index contributed by atoms with van der Waals surface area (Å²) in [5, 5.41) is 2.90. The Labute approximate surface area is 120 Å². The monoisotopic (exact) mass is 279 g/mol. The van der Waals surface area contributed by atoms with Crippen molar-refractivity contribution in [1.29, 1.82) is 0 Å². The van der Waals surface area contributed by atoms with Crippen LogP contribution in [0.5, 0.6) is 0 Å². The van der Waals surface area contributed by atoms with Gasteiger partial charge in [-0.15, -0.1) is 0 Å². The van der Waals surface area contributed by atoms with Crippen LogP contribution in [0.4, 0.5) is 0 Å². The molecular formula is C15H25N3O2. The number of likely N-dealkylation sites (tertiary alicyclic amines) is 1. The molecule has 2 rings (SSSR count). The summed E-state index contributed by atoms with van der Waals surface area (Å²) < 4.78 is 5.40. The van der Waals surface area contributed by atoms with Crippen LogP contribution in [0.15, 0.2) is 22.8 Å². The van der Waals surface area contributed by atoms with Crippen LogP contribution in [0.3, 0.4) is 0 Å². The van der Waals surface area contributed by atoms with E-state index >= 15 is 0 Å². The Morgan fingerprint density at radius 2 is 2.50 bits per heavy atom. The van der Waals surface area contributed by atoms with Crippen LogP contribution in [-0.4, -0.2) is 43.0 Å². The van der Waals surface area contributed by atoms with Crippen molar-refractivity contribution in [1.82, 2.24) is 10.2 Å². The topological polar surface area (TPSA) is 71.5 Å². The third-order valence-electron chi connectivity index (χ3n) is 3.97. The van der Waals surface area contributed by atoms with Gasteiger partial charge >= 0.3 is 0 Å². The van der Waals surface area contributed by atoms with E-state index in [2.05, 4.69) is 17.1 Å². The number of carbonyl (C=O) groups is 1. The summed E-state index contributed by atoms with van der Waals surface area (Å²) in [6.45, 7) is 5.15. The first kappa shape index (κ1) is 15.1. The highest BCUT2D eigenvalue weighted by atomic mass is 16.3. The molecule has 0 saturated carbocycles. The molecule has 2 unspecified atom stereocenters. The van der Waals surface area contributed by atoms with Gasteiger partial charge in [0, 0.05) is 32.1 Å². The minimum atomic E-state index is 0.0920. The van der Waals surface area contributed by atoms with Crippen molar-refractivity contribution in [2.45, 2.75) is 32.2 Å². The summed E-state index contributed by atoms with van der Waals surface area (Å²) >= 11 is 0. The predicted octanol–water partition coefficient (Wildman–Crippen LogP) is 0.998. The molecule has 1 fully saturated rings. The number of amides is 1. The normalized spacial score (nSPS) is 21.6. The van der Waals surface area contributed by atoms with Gasteiger partial charge in [-0.2, -0.15) is 0 Å². The average Bonchev–Trinajstić information content (AvgIpc) is 2.97. The molecule has 0 radical (unpaired) electrons. The molecule has 0 aliphatic carbocycles. The van der Waals surface area contributed by atoms with E-state index in [1.807, 2.05) is 12.1 Å². The van der Waals surface area contributed by atoms with Crippen LogP contribution in [0.2, 0.25) is 0 Å². The van der Waals surface area contributed by atoms with E-state index in [9.17, 15) is 4.79 Å². The first-order valence-corrected chi connectivity index (χ1v) is 7.45. The van der Waals surface area contributed by atoms with Gasteiger partial charge in [0.25, 0.3) is 0 Å². The largest absolute Gasteiger partial charge is 0.469 e. The Kier molecular flexibility index (Phi) is 5.61. The molecule has 20 heavy (non-hydrogen) atoms. The number of rotatable bonds is 6. The lowest BCUT2D eigenvalue weighted by atomic mass is 9.95. The standard InChI is InChI=1S/C15H25N3O2/c1-12(10-14-5-3-9-20-14)18-8-2-4-13(11-18)15(19)17-7-6-16/h3,5,9,12-13H,2,4,6-8,10-11,16H2,1H3,(H,17,19). The SMILES string of the molecule is CC(Cc1ccco1)N1CCCC(C(=O)NCCN)C1. The van der Waals surface area contributed by atoms with Gasteiger partial charge in [0.1, 0.15) is 5.76 Å². The Hall–Kier alpha value is -1.33. The molecule has 5 nitrogen and oxygen atoms in total. The Bertz CT molecular complexity index is 405. The highest BCUT2D eigenvalue weighted by Crippen LogP contribution is 2.20. The van der Waals surface area contributed by atoms with E-state index in [1.165, 1.54) is 0 Å². The fourth-order valence-electron chi connectivity index (χ4n) is 2.81. The second kappa shape index (κ2) is 7.45. The van der Waals surface area contributed by atoms with E-state index in [-0.39, 0.29) is 11.8 Å². The summed E-state index contributed by atoms with van der Waals surface area (Å²) in [6.07, 6.45) is 4.65. The molecular weight excluding hydrogens is 254 g/mol. The van der Waals surface area contributed by atoms with E-state index in [4.69, 9.17) is 10.2 Å². The predicted molar refractivity (Wildman–Crippen MR) is 78.2 cm³/mol. The molecule has 112 valence electrons.